The summed E-state index contributed by atoms with van der Waals surface area (Å²) >= 11 is 0. The molecule has 2 aromatic heterocycles. The maximum Gasteiger partial charge on any atom is 0.199 e. The zero-order valence-corrected chi connectivity index (χ0v) is 15.4. The van der Waals surface area contributed by atoms with Crippen molar-refractivity contribution < 1.29 is 12.8 Å². The van der Waals surface area contributed by atoms with E-state index in [0.29, 0.717) is 21.9 Å². The van der Waals surface area contributed by atoms with Gasteiger partial charge in [0.2, 0.25) is 0 Å². The second-order valence-corrected chi connectivity index (χ2v) is 8.95. The first-order valence-corrected chi connectivity index (χ1v) is 10.4. The Morgan fingerprint density at radius 3 is 2.96 bits per heavy atom. The molecule has 0 saturated carbocycles. The van der Waals surface area contributed by atoms with Crippen molar-refractivity contribution in [2.24, 2.45) is 0 Å². The molecule has 4 rings (SSSR count). The molecule has 0 amide bonds. The maximum atomic E-state index is 12.1. The lowest BCUT2D eigenvalue weighted by Crippen LogP contribution is -2.19. The van der Waals surface area contributed by atoms with Crippen molar-refractivity contribution >= 4 is 20.9 Å². The topological polar surface area (TPSA) is 76.3 Å². The summed E-state index contributed by atoms with van der Waals surface area (Å²) in [6.45, 7) is 4.36. The van der Waals surface area contributed by atoms with Gasteiger partial charge in [-0.3, -0.25) is 9.88 Å². The lowest BCUT2D eigenvalue weighted by Gasteiger charge is -2.14. The average molecular weight is 371 g/mol. The lowest BCUT2D eigenvalue weighted by atomic mass is 10.1. The van der Waals surface area contributed by atoms with Gasteiger partial charge in [-0.25, -0.2) is 13.4 Å². The van der Waals surface area contributed by atoms with Gasteiger partial charge in [0.05, 0.1) is 10.6 Å². The molecule has 3 aromatic rings. The fourth-order valence-corrected chi connectivity index (χ4v) is 4.29. The smallest absolute Gasteiger partial charge is 0.199 e. The molecule has 1 aromatic carbocycles. The van der Waals surface area contributed by atoms with Crippen LogP contribution in [0, 0.1) is 0 Å². The minimum Gasteiger partial charge on any atom is -0.440 e. The zero-order valence-electron chi connectivity index (χ0n) is 14.6. The Labute approximate surface area is 152 Å². The molecule has 7 heteroatoms. The fourth-order valence-electron chi connectivity index (χ4n) is 3.39. The molecular formula is C19H21N3O3S. The third-order valence-electron chi connectivity index (χ3n) is 4.87. The molecule has 136 valence electrons. The Balaban J connectivity index is 1.52. The van der Waals surface area contributed by atoms with Gasteiger partial charge in [0, 0.05) is 31.4 Å². The van der Waals surface area contributed by atoms with Gasteiger partial charge in [-0.15, -0.1) is 0 Å². The largest absolute Gasteiger partial charge is 0.440 e. The SMILES string of the molecule is CCS(=O)(=O)c1ccc2oc([C@H]3CCN(Cc4cccnc4)C3)nc2c1. The van der Waals surface area contributed by atoms with Crippen LogP contribution >= 0.6 is 0 Å². The number of fused-ring (bicyclic) bond motifs is 1. The summed E-state index contributed by atoms with van der Waals surface area (Å²) in [6.07, 6.45) is 4.65. The second-order valence-electron chi connectivity index (χ2n) is 6.67. The molecular weight excluding hydrogens is 350 g/mol. The van der Waals surface area contributed by atoms with E-state index >= 15 is 0 Å². The highest BCUT2D eigenvalue weighted by Crippen LogP contribution is 2.30. The van der Waals surface area contributed by atoms with Crippen LogP contribution in [0.4, 0.5) is 0 Å². The number of pyridine rings is 1. The zero-order chi connectivity index (χ0) is 18.1. The number of nitrogens with zero attached hydrogens (tertiary/aromatic N) is 3. The third kappa shape index (κ3) is 3.37. The minimum atomic E-state index is -3.24. The number of hydrogen-bond donors (Lipinski definition) is 0. The van der Waals surface area contributed by atoms with Crippen molar-refractivity contribution in [1.82, 2.24) is 14.9 Å². The second kappa shape index (κ2) is 6.81. The highest BCUT2D eigenvalue weighted by Gasteiger charge is 2.28. The lowest BCUT2D eigenvalue weighted by molar-refractivity contribution is 0.320. The number of rotatable bonds is 5. The van der Waals surface area contributed by atoms with Crippen molar-refractivity contribution in [2.75, 3.05) is 18.8 Å². The number of hydrogen-bond acceptors (Lipinski definition) is 6. The van der Waals surface area contributed by atoms with Crippen LogP contribution in [0.25, 0.3) is 11.1 Å². The van der Waals surface area contributed by atoms with Crippen molar-refractivity contribution in [1.29, 1.82) is 0 Å². The number of oxazole rings is 1. The van der Waals surface area contributed by atoms with E-state index in [1.807, 2.05) is 12.3 Å². The minimum absolute atomic E-state index is 0.0785. The Morgan fingerprint density at radius 1 is 1.31 bits per heavy atom. The van der Waals surface area contributed by atoms with E-state index in [1.165, 1.54) is 5.56 Å². The highest BCUT2D eigenvalue weighted by atomic mass is 32.2. The van der Waals surface area contributed by atoms with Gasteiger partial charge < -0.3 is 4.42 Å². The fraction of sp³-hybridized carbons (Fsp3) is 0.368. The van der Waals surface area contributed by atoms with Gasteiger partial charge in [-0.05, 0) is 42.8 Å². The number of aromatic nitrogens is 2. The molecule has 0 unspecified atom stereocenters. The third-order valence-corrected chi connectivity index (χ3v) is 6.60. The summed E-state index contributed by atoms with van der Waals surface area (Å²) < 4.78 is 30.0. The first-order valence-electron chi connectivity index (χ1n) is 8.79. The van der Waals surface area contributed by atoms with Gasteiger partial charge in [-0.1, -0.05) is 13.0 Å². The molecule has 0 bridgehead atoms. The highest BCUT2D eigenvalue weighted by molar-refractivity contribution is 7.91. The van der Waals surface area contributed by atoms with E-state index in [4.69, 9.17) is 4.42 Å². The van der Waals surface area contributed by atoms with Gasteiger partial charge in [-0.2, -0.15) is 0 Å². The van der Waals surface area contributed by atoms with Gasteiger partial charge in [0.15, 0.2) is 21.3 Å². The van der Waals surface area contributed by atoms with E-state index in [1.54, 1.807) is 31.3 Å². The quantitative estimate of drug-likeness (QED) is 0.686. The molecule has 26 heavy (non-hydrogen) atoms. The van der Waals surface area contributed by atoms with Gasteiger partial charge in [0.1, 0.15) is 5.52 Å². The van der Waals surface area contributed by atoms with Crippen molar-refractivity contribution in [3.63, 3.8) is 0 Å². The Bertz CT molecular complexity index is 1010. The normalized spacial score (nSPS) is 18.6. The Hall–Kier alpha value is -2.25. The summed E-state index contributed by atoms with van der Waals surface area (Å²) in [7, 11) is -3.24. The molecule has 1 saturated heterocycles. The predicted octanol–water partition coefficient (Wildman–Crippen LogP) is 3.01. The van der Waals surface area contributed by atoms with Crippen molar-refractivity contribution in [2.45, 2.75) is 30.7 Å². The number of likely N-dealkylation sites (tertiary alicyclic amines) is 1. The molecule has 6 nitrogen and oxygen atoms in total. The molecule has 0 N–H and O–H groups in total. The van der Waals surface area contributed by atoms with Crippen LogP contribution < -0.4 is 0 Å². The van der Waals surface area contributed by atoms with Crippen LogP contribution in [0.3, 0.4) is 0 Å². The van der Waals surface area contributed by atoms with Crippen molar-refractivity contribution in [3.8, 4) is 0 Å². The Morgan fingerprint density at radius 2 is 2.19 bits per heavy atom. The van der Waals surface area contributed by atoms with Crippen LogP contribution in [-0.2, 0) is 16.4 Å². The Kier molecular flexibility index (Phi) is 4.50. The first kappa shape index (κ1) is 17.2. The summed E-state index contributed by atoms with van der Waals surface area (Å²) in [6, 6.07) is 8.95. The monoisotopic (exact) mass is 371 g/mol. The molecule has 3 heterocycles. The van der Waals surface area contributed by atoms with E-state index in [2.05, 4.69) is 20.9 Å². The van der Waals surface area contributed by atoms with E-state index < -0.39 is 9.84 Å². The molecule has 1 fully saturated rings. The van der Waals surface area contributed by atoms with Gasteiger partial charge in [0.25, 0.3) is 0 Å². The van der Waals surface area contributed by atoms with E-state index in [-0.39, 0.29) is 11.7 Å². The molecule has 1 aliphatic rings. The standard InChI is InChI=1S/C19H21N3O3S/c1-2-26(23,24)16-5-6-18-17(10-16)21-19(25-18)15-7-9-22(13-15)12-14-4-3-8-20-11-14/h3-6,8,10-11,15H,2,7,9,12-13H2,1H3/t15-/m0/s1. The van der Waals surface area contributed by atoms with Crippen LogP contribution in [0.5, 0.6) is 0 Å². The van der Waals surface area contributed by atoms with Crippen LogP contribution in [0.1, 0.15) is 30.7 Å². The van der Waals surface area contributed by atoms with Crippen molar-refractivity contribution in [3.05, 3.63) is 54.2 Å². The molecule has 1 atom stereocenters. The number of sulfone groups is 1. The summed E-state index contributed by atoms with van der Waals surface area (Å²) in [5.74, 6) is 1.000. The van der Waals surface area contributed by atoms with Crippen LogP contribution in [0.2, 0.25) is 0 Å². The summed E-state index contributed by atoms with van der Waals surface area (Å²) in [5.41, 5.74) is 2.45. The summed E-state index contributed by atoms with van der Waals surface area (Å²) in [5, 5.41) is 0. The number of benzene rings is 1. The van der Waals surface area contributed by atoms with E-state index in [9.17, 15) is 8.42 Å². The maximum absolute atomic E-state index is 12.1. The first-order chi connectivity index (χ1) is 12.5. The molecule has 0 radical (unpaired) electrons. The average Bonchev–Trinajstić information content (AvgIpc) is 3.28. The predicted molar refractivity (Wildman–Crippen MR) is 98.6 cm³/mol. The van der Waals surface area contributed by atoms with Gasteiger partial charge >= 0.3 is 0 Å². The molecule has 1 aliphatic heterocycles. The van der Waals surface area contributed by atoms with Crippen LogP contribution in [0.15, 0.2) is 52.0 Å². The molecule has 0 spiro atoms. The molecule has 0 aliphatic carbocycles. The van der Waals surface area contributed by atoms with Crippen LogP contribution in [-0.4, -0.2) is 42.1 Å². The summed E-state index contributed by atoms with van der Waals surface area (Å²) in [4.78, 5) is 11.4. The van der Waals surface area contributed by atoms with E-state index in [0.717, 1.165) is 26.1 Å².